The number of rotatable bonds is 3. The smallest absolute Gasteiger partial charge is 0.134 e. The van der Waals surface area contributed by atoms with E-state index < -0.39 is 0 Å². The van der Waals surface area contributed by atoms with Crippen molar-refractivity contribution < 1.29 is 8.81 Å². The molecule has 0 unspecified atom stereocenters. The average Bonchev–Trinajstić information content (AvgIpc) is 2.63. The van der Waals surface area contributed by atoms with Gasteiger partial charge in [0.15, 0.2) is 0 Å². The van der Waals surface area contributed by atoms with E-state index in [1.165, 1.54) is 6.07 Å². The molecule has 0 radical (unpaired) electrons. The van der Waals surface area contributed by atoms with Crippen molar-refractivity contribution >= 4 is 11.0 Å². The largest absolute Gasteiger partial charge is 0.459 e. The standard InChI is InChI=1S/C15H20FNO/c1-5-17-9-13-14(15(2,3)4)11-8-10(16)6-7-12(11)18-13/h6-8,17H,5,9H2,1-4H3. The topological polar surface area (TPSA) is 25.2 Å². The number of benzene rings is 1. The molecule has 0 saturated carbocycles. The first kappa shape index (κ1) is 13.1. The molecule has 0 aliphatic rings. The van der Waals surface area contributed by atoms with Crippen molar-refractivity contribution in [1.82, 2.24) is 5.32 Å². The maximum atomic E-state index is 13.4. The number of hydrogen-bond donors (Lipinski definition) is 1. The van der Waals surface area contributed by atoms with Crippen molar-refractivity contribution in [3.05, 3.63) is 35.3 Å². The molecule has 98 valence electrons. The van der Waals surface area contributed by atoms with Gasteiger partial charge < -0.3 is 9.73 Å². The van der Waals surface area contributed by atoms with Crippen molar-refractivity contribution in [2.45, 2.75) is 39.7 Å². The highest BCUT2D eigenvalue weighted by atomic mass is 19.1. The minimum atomic E-state index is -0.219. The van der Waals surface area contributed by atoms with Crippen LogP contribution in [0.5, 0.6) is 0 Å². The van der Waals surface area contributed by atoms with Gasteiger partial charge in [0.1, 0.15) is 17.2 Å². The summed E-state index contributed by atoms with van der Waals surface area (Å²) in [6.45, 7) is 9.99. The second kappa shape index (κ2) is 4.73. The highest BCUT2D eigenvalue weighted by molar-refractivity contribution is 5.83. The first-order valence-electron chi connectivity index (χ1n) is 6.35. The van der Waals surface area contributed by atoms with Gasteiger partial charge in [-0.2, -0.15) is 0 Å². The van der Waals surface area contributed by atoms with Gasteiger partial charge in [0.05, 0.1) is 6.54 Å². The molecule has 2 nitrogen and oxygen atoms in total. The van der Waals surface area contributed by atoms with Crippen LogP contribution in [0.1, 0.15) is 39.0 Å². The maximum absolute atomic E-state index is 13.4. The Bertz CT molecular complexity index is 551. The van der Waals surface area contributed by atoms with Crippen LogP contribution in [0.25, 0.3) is 11.0 Å². The van der Waals surface area contributed by atoms with Crippen LogP contribution >= 0.6 is 0 Å². The van der Waals surface area contributed by atoms with Gasteiger partial charge in [-0.15, -0.1) is 0 Å². The summed E-state index contributed by atoms with van der Waals surface area (Å²) in [6, 6.07) is 4.71. The molecule has 1 N–H and O–H groups in total. The van der Waals surface area contributed by atoms with Crippen molar-refractivity contribution in [2.75, 3.05) is 6.54 Å². The fraction of sp³-hybridized carbons (Fsp3) is 0.467. The minimum absolute atomic E-state index is 0.0657. The molecule has 2 aromatic rings. The zero-order valence-electron chi connectivity index (χ0n) is 11.4. The molecule has 3 heteroatoms. The maximum Gasteiger partial charge on any atom is 0.134 e. The van der Waals surface area contributed by atoms with Crippen LogP contribution in [0.4, 0.5) is 4.39 Å². The lowest BCUT2D eigenvalue weighted by Crippen LogP contribution is -2.18. The van der Waals surface area contributed by atoms with Crippen LogP contribution in [0, 0.1) is 5.82 Å². The highest BCUT2D eigenvalue weighted by Gasteiger charge is 2.25. The second-order valence-corrected chi connectivity index (χ2v) is 5.57. The molecular weight excluding hydrogens is 229 g/mol. The van der Waals surface area contributed by atoms with Gasteiger partial charge in [0.25, 0.3) is 0 Å². The number of nitrogens with one attached hydrogen (secondary N) is 1. The van der Waals surface area contributed by atoms with Crippen LogP contribution in [-0.2, 0) is 12.0 Å². The SMILES string of the molecule is CCNCc1oc2ccc(F)cc2c1C(C)(C)C. The van der Waals surface area contributed by atoms with E-state index in [1.807, 2.05) is 0 Å². The van der Waals surface area contributed by atoms with Crippen LogP contribution in [0.15, 0.2) is 22.6 Å². The van der Waals surface area contributed by atoms with E-state index in [2.05, 4.69) is 33.0 Å². The summed E-state index contributed by atoms with van der Waals surface area (Å²) in [5.74, 6) is 0.689. The summed E-state index contributed by atoms with van der Waals surface area (Å²) in [7, 11) is 0. The van der Waals surface area contributed by atoms with Gasteiger partial charge >= 0.3 is 0 Å². The van der Waals surface area contributed by atoms with Crippen LogP contribution < -0.4 is 5.32 Å². The first-order valence-corrected chi connectivity index (χ1v) is 6.35. The van der Waals surface area contributed by atoms with Crippen LogP contribution in [-0.4, -0.2) is 6.54 Å². The van der Waals surface area contributed by atoms with Crippen molar-refractivity contribution in [2.24, 2.45) is 0 Å². The van der Waals surface area contributed by atoms with E-state index in [-0.39, 0.29) is 11.2 Å². The van der Waals surface area contributed by atoms with E-state index in [4.69, 9.17) is 4.42 Å². The number of hydrogen-bond acceptors (Lipinski definition) is 2. The summed E-state index contributed by atoms with van der Waals surface area (Å²) >= 11 is 0. The Hall–Kier alpha value is -1.35. The van der Waals surface area contributed by atoms with Gasteiger partial charge in [-0.25, -0.2) is 4.39 Å². The number of furan rings is 1. The van der Waals surface area contributed by atoms with Crippen molar-refractivity contribution in [1.29, 1.82) is 0 Å². The zero-order valence-corrected chi connectivity index (χ0v) is 11.4. The molecule has 0 aliphatic heterocycles. The van der Waals surface area contributed by atoms with E-state index in [9.17, 15) is 4.39 Å². The van der Waals surface area contributed by atoms with Crippen LogP contribution in [0.2, 0.25) is 0 Å². The number of fused-ring (bicyclic) bond motifs is 1. The molecule has 1 heterocycles. The molecule has 0 aliphatic carbocycles. The number of halogens is 1. The Morgan fingerprint density at radius 2 is 2.00 bits per heavy atom. The Morgan fingerprint density at radius 1 is 1.28 bits per heavy atom. The summed E-state index contributed by atoms with van der Waals surface area (Å²) in [6.07, 6.45) is 0. The molecule has 1 aromatic heterocycles. The molecule has 0 bridgehead atoms. The zero-order chi connectivity index (χ0) is 13.3. The Labute approximate surface area is 107 Å². The predicted octanol–water partition coefficient (Wildman–Crippen LogP) is 3.98. The van der Waals surface area contributed by atoms with Gasteiger partial charge in [0, 0.05) is 10.9 Å². The van der Waals surface area contributed by atoms with E-state index in [0.717, 1.165) is 28.8 Å². The van der Waals surface area contributed by atoms with E-state index in [0.29, 0.717) is 6.54 Å². The lowest BCUT2D eigenvalue weighted by Gasteiger charge is -2.19. The van der Waals surface area contributed by atoms with Crippen molar-refractivity contribution in [3.8, 4) is 0 Å². The van der Waals surface area contributed by atoms with Crippen molar-refractivity contribution in [3.63, 3.8) is 0 Å². The van der Waals surface area contributed by atoms with Gasteiger partial charge in [-0.3, -0.25) is 0 Å². The van der Waals surface area contributed by atoms with E-state index in [1.54, 1.807) is 12.1 Å². The van der Waals surface area contributed by atoms with Crippen LogP contribution in [0.3, 0.4) is 0 Å². The highest BCUT2D eigenvalue weighted by Crippen LogP contribution is 2.35. The van der Waals surface area contributed by atoms with Gasteiger partial charge in [-0.05, 0) is 30.2 Å². The molecule has 0 atom stereocenters. The third kappa shape index (κ3) is 2.41. The fourth-order valence-corrected chi connectivity index (χ4v) is 2.31. The quantitative estimate of drug-likeness (QED) is 0.890. The third-order valence-corrected chi connectivity index (χ3v) is 3.01. The minimum Gasteiger partial charge on any atom is -0.459 e. The Balaban J connectivity index is 2.62. The summed E-state index contributed by atoms with van der Waals surface area (Å²) in [5, 5.41) is 4.15. The second-order valence-electron chi connectivity index (χ2n) is 5.57. The molecule has 0 saturated heterocycles. The lowest BCUT2D eigenvalue weighted by molar-refractivity contribution is 0.487. The summed E-state index contributed by atoms with van der Waals surface area (Å²) in [4.78, 5) is 0. The molecule has 1 aromatic carbocycles. The summed E-state index contributed by atoms with van der Waals surface area (Å²) < 4.78 is 19.3. The normalized spacial score (nSPS) is 12.3. The molecule has 2 rings (SSSR count). The lowest BCUT2D eigenvalue weighted by atomic mass is 9.84. The average molecular weight is 249 g/mol. The fourth-order valence-electron chi connectivity index (χ4n) is 2.31. The monoisotopic (exact) mass is 249 g/mol. The third-order valence-electron chi connectivity index (χ3n) is 3.01. The molecule has 0 amide bonds. The molecule has 18 heavy (non-hydrogen) atoms. The first-order chi connectivity index (χ1) is 8.43. The predicted molar refractivity (Wildman–Crippen MR) is 72.3 cm³/mol. The molecule has 0 spiro atoms. The Morgan fingerprint density at radius 3 is 2.61 bits per heavy atom. The Kier molecular flexibility index (Phi) is 3.44. The summed E-state index contributed by atoms with van der Waals surface area (Å²) in [5.41, 5.74) is 1.79. The van der Waals surface area contributed by atoms with Gasteiger partial charge in [-0.1, -0.05) is 27.7 Å². The molecular formula is C15H20FNO. The van der Waals surface area contributed by atoms with E-state index >= 15 is 0 Å². The molecule has 0 fully saturated rings. The van der Waals surface area contributed by atoms with Gasteiger partial charge in [0.2, 0.25) is 0 Å².